The van der Waals surface area contributed by atoms with Gasteiger partial charge in [-0.15, -0.1) is 0 Å². The highest BCUT2D eigenvalue weighted by Gasteiger charge is 2.15. The first-order chi connectivity index (χ1) is 9.29. The average Bonchev–Trinajstić information content (AvgIpc) is 2.37. The number of sulfonamides is 1. The lowest BCUT2D eigenvalue weighted by Gasteiger charge is -2.10. The maximum atomic E-state index is 12.3. The molecule has 0 spiro atoms. The van der Waals surface area contributed by atoms with Gasteiger partial charge in [0.15, 0.2) is 0 Å². The molecule has 20 heavy (non-hydrogen) atoms. The van der Waals surface area contributed by atoms with E-state index in [1.165, 1.54) is 12.1 Å². The van der Waals surface area contributed by atoms with Gasteiger partial charge in [0.25, 0.3) is 10.0 Å². The highest BCUT2D eigenvalue weighted by molar-refractivity contribution is 9.10. The first kappa shape index (κ1) is 15.2. The normalized spacial score (nSPS) is 11.3. The number of nitrogens with two attached hydrogens (primary N) is 1. The number of hydrogen-bond acceptors (Lipinski definition) is 3. The summed E-state index contributed by atoms with van der Waals surface area (Å²) in [5.41, 5.74) is 7.18. The van der Waals surface area contributed by atoms with E-state index in [2.05, 4.69) is 20.7 Å². The molecule has 2 aromatic carbocycles. The summed E-state index contributed by atoms with van der Waals surface area (Å²) in [7, 11) is -3.65. The van der Waals surface area contributed by atoms with E-state index in [9.17, 15) is 8.42 Å². The molecule has 4 nitrogen and oxygen atoms in total. The molecule has 3 N–H and O–H groups in total. The predicted molar refractivity (Wildman–Crippen MR) is 85.6 cm³/mol. The zero-order chi connectivity index (χ0) is 14.9. The van der Waals surface area contributed by atoms with Gasteiger partial charge in [0.2, 0.25) is 0 Å². The summed E-state index contributed by atoms with van der Waals surface area (Å²) in [5.74, 6) is 0. The topological polar surface area (TPSA) is 72.2 Å². The molecular weight excluding hydrogens is 364 g/mol. The zero-order valence-corrected chi connectivity index (χ0v) is 13.7. The third-order valence-electron chi connectivity index (χ3n) is 2.69. The van der Waals surface area contributed by atoms with E-state index in [1.807, 2.05) is 6.92 Å². The van der Waals surface area contributed by atoms with Gasteiger partial charge in [-0.25, -0.2) is 8.42 Å². The SMILES string of the molecule is Cc1cc(S(=O)(=O)Nc2ccc(N)c(Cl)c2)ccc1Br. The molecule has 0 unspecified atom stereocenters. The second kappa shape index (κ2) is 5.63. The number of halogens is 2. The monoisotopic (exact) mass is 374 g/mol. The average molecular weight is 376 g/mol. The van der Waals surface area contributed by atoms with Crippen molar-refractivity contribution in [2.75, 3.05) is 10.5 Å². The minimum Gasteiger partial charge on any atom is -0.398 e. The number of nitrogen functional groups attached to an aromatic ring is 1. The Bertz CT molecular complexity index is 763. The summed E-state index contributed by atoms with van der Waals surface area (Å²) in [4.78, 5) is 0.186. The Kier molecular flexibility index (Phi) is 4.27. The Morgan fingerprint density at radius 2 is 1.90 bits per heavy atom. The number of benzene rings is 2. The van der Waals surface area contributed by atoms with E-state index in [1.54, 1.807) is 24.3 Å². The quantitative estimate of drug-likeness (QED) is 0.802. The first-order valence-electron chi connectivity index (χ1n) is 5.63. The van der Waals surface area contributed by atoms with Crippen LogP contribution in [-0.4, -0.2) is 8.42 Å². The van der Waals surface area contributed by atoms with Crippen LogP contribution in [0.3, 0.4) is 0 Å². The predicted octanol–water partition coefficient (Wildman–Crippen LogP) is 3.79. The Balaban J connectivity index is 2.35. The van der Waals surface area contributed by atoms with Gasteiger partial charge >= 0.3 is 0 Å². The minimum absolute atomic E-state index is 0.186. The fourth-order valence-corrected chi connectivity index (χ4v) is 3.15. The fourth-order valence-electron chi connectivity index (χ4n) is 1.59. The van der Waals surface area contributed by atoms with Gasteiger partial charge in [0, 0.05) is 4.47 Å². The highest BCUT2D eigenvalue weighted by Crippen LogP contribution is 2.26. The molecule has 0 atom stereocenters. The molecule has 0 heterocycles. The van der Waals surface area contributed by atoms with Crippen molar-refractivity contribution in [2.24, 2.45) is 0 Å². The molecule has 0 aliphatic carbocycles. The molecular formula is C13H12BrClN2O2S. The minimum atomic E-state index is -3.65. The molecule has 0 aliphatic heterocycles. The molecule has 0 radical (unpaired) electrons. The molecule has 2 rings (SSSR count). The van der Waals surface area contributed by atoms with Gasteiger partial charge in [-0.2, -0.15) is 0 Å². The molecule has 0 aromatic heterocycles. The Labute approximate surface area is 131 Å². The van der Waals surface area contributed by atoms with E-state index in [-0.39, 0.29) is 4.90 Å². The van der Waals surface area contributed by atoms with E-state index in [4.69, 9.17) is 17.3 Å². The third kappa shape index (κ3) is 3.26. The molecule has 0 bridgehead atoms. The number of rotatable bonds is 3. The van der Waals surface area contributed by atoms with Crippen molar-refractivity contribution < 1.29 is 8.42 Å². The van der Waals surface area contributed by atoms with Crippen LogP contribution in [0.2, 0.25) is 5.02 Å². The van der Waals surface area contributed by atoms with E-state index < -0.39 is 10.0 Å². The molecule has 0 aliphatic rings. The third-order valence-corrected chi connectivity index (χ3v) is 5.29. The van der Waals surface area contributed by atoms with Crippen LogP contribution in [0.15, 0.2) is 45.8 Å². The van der Waals surface area contributed by atoms with E-state index in [0.29, 0.717) is 16.4 Å². The molecule has 106 valence electrons. The van der Waals surface area contributed by atoms with Gasteiger partial charge in [-0.3, -0.25) is 4.72 Å². The summed E-state index contributed by atoms with van der Waals surface area (Å²) >= 11 is 9.20. The fraction of sp³-hybridized carbons (Fsp3) is 0.0769. The smallest absolute Gasteiger partial charge is 0.261 e. The first-order valence-corrected chi connectivity index (χ1v) is 8.29. The second-order valence-corrected chi connectivity index (χ2v) is 7.20. The van der Waals surface area contributed by atoms with Crippen LogP contribution in [-0.2, 0) is 10.0 Å². The Morgan fingerprint density at radius 1 is 1.20 bits per heavy atom. The molecule has 0 amide bonds. The van der Waals surface area contributed by atoms with Crippen molar-refractivity contribution in [3.63, 3.8) is 0 Å². The standard InChI is InChI=1S/C13H12BrClN2O2S/c1-8-6-10(3-4-11(8)14)20(18,19)17-9-2-5-13(16)12(15)7-9/h2-7,17H,16H2,1H3. The lowest BCUT2D eigenvalue weighted by molar-refractivity contribution is 0.601. The van der Waals surface area contributed by atoms with Crippen LogP contribution in [0.1, 0.15) is 5.56 Å². The van der Waals surface area contributed by atoms with Crippen molar-refractivity contribution in [3.05, 3.63) is 51.5 Å². The summed E-state index contributed by atoms with van der Waals surface area (Å²) in [5, 5.41) is 0.303. The van der Waals surface area contributed by atoms with Gasteiger partial charge in [0.05, 0.1) is 21.3 Å². The molecule has 0 fully saturated rings. The second-order valence-electron chi connectivity index (χ2n) is 4.25. The van der Waals surface area contributed by atoms with Crippen LogP contribution in [0, 0.1) is 6.92 Å². The van der Waals surface area contributed by atoms with Gasteiger partial charge in [-0.1, -0.05) is 27.5 Å². The maximum Gasteiger partial charge on any atom is 0.261 e. The van der Waals surface area contributed by atoms with Crippen molar-refractivity contribution >= 4 is 48.9 Å². The van der Waals surface area contributed by atoms with Crippen molar-refractivity contribution in [1.82, 2.24) is 0 Å². The van der Waals surface area contributed by atoms with E-state index >= 15 is 0 Å². The van der Waals surface area contributed by atoms with Gasteiger partial charge in [0.1, 0.15) is 0 Å². The van der Waals surface area contributed by atoms with E-state index in [0.717, 1.165) is 10.0 Å². The molecule has 0 saturated carbocycles. The Morgan fingerprint density at radius 3 is 2.50 bits per heavy atom. The molecule has 2 aromatic rings. The van der Waals surface area contributed by atoms with Crippen molar-refractivity contribution in [1.29, 1.82) is 0 Å². The van der Waals surface area contributed by atoms with Crippen LogP contribution in [0.5, 0.6) is 0 Å². The van der Waals surface area contributed by atoms with Gasteiger partial charge in [-0.05, 0) is 48.9 Å². The number of nitrogens with one attached hydrogen (secondary N) is 1. The Hall–Kier alpha value is -1.24. The van der Waals surface area contributed by atoms with Crippen LogP contribution in [0.25, 0.3) is 0 Å². The largest absolute Gasteiger partial charge is 0.398 e. The molecule has 7 heteroatoms. The summed E-state index contributed by atoms with van der Waals surface area (Å²) in [6, 6.07) is 9.39. The number of aryl methyl sites for hydroxylation is 1. The number of hydrogen-bond donors (Lipinski definition) is 2. The lowest BCUT2D eigenvalue weighted by atomic mass is 10.2. The maximum absolute atomic E-state index is 12.3. The summed E-state index contributed by atoms with van der Waals surface area (Å²) in [6.07, 6.45) is 0. The van der Waals surface area contributed by atoms with Gasteiger partial charge < -0.3 is 5.73 Å². The van der Waals surface area contributed by atoms with Crippen LogP contribution in [0.4, 0.5) is 11.4 Å². The number of anilines is 2. The zero-order valence-electron chi connectivity index (χ0n) is 10.5. The highest BCUT2D eigenvalue weighted by atomic mass is 79.9. The van der Waals surface area contributed by atoms with Crippen molar-refractivity contribution in [2.45, 2.75) is 11.8 Å². The van der Waals surface area contributed by atoms with Crippen LogP contribution >= 0.6 is 27.5 Å². The lowest BCUT2D eigenvalue weighted by Crippen LogP contribution is -2.13. The van der Waals surface area contributed by atoms with Crippen LogP contribution < -0.4 is 10.5 Å². The van der Waals surface area contributed by atoms with Crippen molar-refractivity contribution in [3.8, 4) is 0 Å². The molecule has 0 saturated heterocycles. The summed E-state index contributed by atoms with van der Waals surface area (Å²) < 4.78 is 27.8. The summed E-state index contributed by atoms with van der Waals surface area (Å²) in [6.45, 7) is 1.82.